The molecule has 0 aromatic heterocycles. The lowest BCUT2D eigenvalue weighted by molar-refractivity contribution is 0.642. The summed E-state index contributed by atoms with van der Waals surface area (Å²) < 4.78 is 0. The van der Waals surface area contributed by atoms with E-state index in [1.165, 1.54) is 22.3 Å². The molecule has 0 spiro atoms. The molecule has 0 aliphatic rings. The number of benzene rings is 2. The lowest BCUT2D eigenvalue weighted by Crippen LogP contribution is -2.19. The van der Waals surface area contributed by atoms with Gasteiger partial charge < -0.3 is 5.32 Å². The minimum absolute atomic E-state index is 0.203. The Hall–Kier alpha value is -1.31. The molecule has 1 unspecified atom stereocenters. The summed E-state index contributed by atoms with van der Waals surface area (Å²) in [5.74, 6) is 0.672. The summed E-state index contributed by atoms with van der Waals surface area (Å²) in [5, 5.41) is 4.22. The van der Waals surface area contributed by atoms with Crippen molar-refractivity contribution in [3.8, 4) is 0 Å². The third kappa shape index (κ3) is 4.09. The number of hydrogen-bond donors (Lipinski definition) is 1. The summed E-state index contributed by atoms with van der Waals surface area (Å²) in [6, 6.07) is 15.2. The zero-order valence-corrected chi connectivity index (χ0v) is 14.0. The highest BCUT2D eigenvalue weighted by Gasteiger charge is 2.15. The summed E-state index contributed by atoms with van der Waals surface area (Å²) in [4.78, 5) is 0. The molecule has 2 rings (SSSR count). The fourth-order valence-corrected chi connectivity index (χ4v) is 3.06. The molecule has 0 heterocycles. The van der Waals surface area contributed by atoms with Crippen LogP contribution in [-0.4, -0.2) is 7.05 Å². The third-order valence-corrected chi connectivity index (χ3v) is 3.99. The average Bonchev–Trinajstić information content (AvgIpc) is 2.41. The van der Waals surface area contributed by atoms with Gasteiger partial charge in [0.1, 0.15) is 0 Å². The maximum Gasteiger partial charge on any atom is 0.0577 e. The van der Waals surface area contributed by atoms with Crippen LogP contribution in [0.4, 0.5) is 0 Å². The van der Waals surface area contributed by atoms with Crippen molar-refractivity contribution in [2.45, 2.75) is 33.2 Å². The van der Waals surface area contributed by atoms with E-state index in [1.807, 2.05) is 19.2 Å². The maximum atomic E-state index is 6.07. The first kappa shape index (κ1) is 16.1. The maximum absolute atomic E-state index is 6.07. The van der Waals surface area contributed by atoms with Crippen molar-refractivity contribution < 1.29 is 0 Å². The van der Waals surface area contributed by atoms with Crippen molar-refractivity contribution in [3.63, 3.8) is 0 Å². The van der Waals surface area contributed by atoms with Crippen LogP contribution in [0.2, 0.25) is 5.02 Å². The summed E-state index contributed by atoms with van der Waals surface area (Å²) in [7, 11) is 2.01. The van der Waals surface area contributed by atoms with Gasteiger partial charge in [-0.2, -0.15) is 0 Å². The number of rotatable bonds is 5. The smallest absolute Gasteiger partial charge is 0.0577 e. The molecule has 0 saturated carbocycles. The van der Waals surface area contributed by atoms with Crippen LogP contribution in [0.1, 0.15) is 42.1 Å². The van der Waals surface area contributed by atoms with E-state index >= 15 is 0 Å². The summed E-state index contributed by atoms with van der Waals surface area (Å²) in [6.45, 7) is 6.63. The number of halogens is 1. The van der Waals surface area contributed by atoms with E-state index in [0.717, 1.165) is 11.4 Å². The van der Waals surface area contributed by atoms with Crippen LogP contribution in [0.15, 0.2) is 42.5 Å². The molecular formula is C19H24ClN. The minimum Gasteiger partial charge on any atom is -0.309 e. The molecule has 0 radical (unpaired) electrons. The second-order valence-electron chi connectivity index (χ2n) is 6.07. The Morgan fingerprint density at radius 3 is 2.48 bits per heavy atom. The molecule has 0 bridgehead atoms. The number of nitrogens with one attached hydrogen (secondary N) is 1. The second-order valence-corrected chi connectivity index (χ2v) is 6.50. The van der Waals surface area contributed by atoms with Gasteiger partial charge in [0.2, 0.25) is 0 Å². The Morgan fingerprint density at radius 2 is 1.86 bits per heavy atom. The molecule has 0 amide bonds. The number of hydrogen-bond acceptors (Lipinski definition) is 1. The highest BCUT2D eigenvalue weighted by atomic mass is 35.5. The van der Waals surface area contributed by atoms with Crippen LogP contribution in [-0.2, 0) is 6.42 Å². The quantitative estimate of drug-likeness (QED) is 0.804. The van der Waals surface area contributed by atoms with E-state index in [9.17, 15) is 0 Å². The largest absolute Gasteiger partial charge is 0.309 e. The molecule has 112 valence electrons. The highest BCUT2D eigenvalue weighted by Crippen LogP contribution is 2.27. The molecule has 0 aliphatic carbocycles. The van der Waals surface area contributed by atoms with E-state index in [2.05, 4.69) is 56.4 Å². The molecule has 0 aliphatic heterocycles. The summed E-state index contributed by atoms with van der Waals surface area (Å²) in [5.41, 5.74) is 5.20. The molecule has 21 heavy (non-hydrogen) atoms. The topological polar surface area (TPSA) is 12.0 Å². The predicted octanol–water partition coefficient (Wildman–Crippen LogP) is 5.16. The van der Waals surface area contributed by atoms with Crippen molar-refractivity contribution in [2.24, 2.45) is 5.92 Å². The van der Waals surface area contributed by atoms with Crippen molar-refractivity contribution in [1.82, 2.24) is 5.32 Å². The predicted molar refractivity (Wildman–Crippen MR) is 92.1 cm³/mol. The number of aryl methyl sites for hydroxylation is 1. The lowest BCUT2D eigenvalue weighted by Gasteiger charge is -2.20. The normalized spacial score (nSPS) is 12.7. The van der Waals surface area contributed by atoms with E-state index in [4.69, 9.17) is 11.6 Å². The molecule has 2 heteroatoms. The van der Waals surface area contributed by atoms with Gasteiger partial charge in [-0.1, -0.05) is 55.8 Å². The summed E-state index contributed by atoms with van der Waals surface area (Å²) in [6.07, 6.45) is 1.11. The van der Waals surface area contributed by atoms with Gasteiger partial charge in [0.15, 0.2) is 0 Å². The average molecular weight is 302 g/mol. The van der Waals surface area contributed by atoms with Crippen LogP contribution in [0.25, 0.3) is 0 Å². The van der Waals surface area contributed by atoms with E-state index < -0.39 is 0 Å². The van der Waals surface area contributed by atoms with Crippen LogP contribution in [0.5, 0.6) is 0 Å². The third-order valence-electron chi connectivity index (χ3n) is 3.76. The van der Waals surface area contributed by atoms with Gasteiger partial charge in [-0.05, 0) is 60.7 Å². The van der Waals surface area contributed by atoms with Gasteiger partial charge >= 0.3 is 0 Å². The van der Waals surface area contributed by atoms with Gasteiger partial charge in [0.25, 0.3) is 0 Å². The van der Waals surface area contributed by atoms with Crippen LogP contribution in [0, 0.1) is 12.8 Å². The second kappa shape index (κ2) is 7.11. The van der Waals surface area contributed by atoms with Gasteiger partial charge in [0, 0.05) is 5.02 Å². The van der Waals surface area contributed by atoms with Crippen molar-refractivity contribution in [3.05, 3.63) is 69.7 Å². The van der Waals surface area contributed by atoms with Gasteiger partial charge in [-0.15, -0.1) is 0 Å². The molecule has 0 saturated heterocycles. The Morgan fingerprint density at radius 1 is 1.10 bits per heavy atom. The molecule has 1 N–H and O–H groups in total. The Kier molecular flexibility index (Phi) is 5.44. The molecular weight excluding hydrogens is 278 g/mol. The fraction of sp³-hybridized carbons (Fsp3) is 0.368. The Labute approximate surface area is 133 Å². The van der Waals surface area contributed by atoms with E-state index in [1.54, 1.807) is 0 Å². The zero-order chi connectivity index (χ0) is 15.4. The van der Waals surface area contributed by atoms with Crippen molar-refractivity contribution >= 4 is 11.6 Å². The molecule has 2 aromatic carbocycles. The first-order chi connectivity index (χ1) is 10.0. The van der Waals surface area contributed by atoms with Crippen molar-refractivity contribution in [1.29, 1.82) is 0 Å². The van der Waals surface area contributed by atoms with E-state index in [-0.39, 0.29) is 6.04 Å². The highest BCUT2D eigenvalue weighted by molar-refractivity contribution is 6.30. The Balaban J connectivity index is 2.37. The van der Waals surface area contributed by atoms with Crippen molar-refractivity contribution in [2.75, 3.05) is 7.05 Å². The van der Waals surface area contributed by atoms with Crippen LogP contribution >= 0.6 is 11.6 Å². The molecule has 2 aromatic rings. The molecule has 1 atom stereocenters. The minimum atomic E-state index is 0.203. The SMILES string of the molecule is CNC(c1cccc(CC(C)C)c1)c1ccc(Cl)cc1C. The first-order valence-corrected chi connectivity index (χ1v) is 7.91. The summed E-state index contributed by atoms with van der Waals surface area (Å²) >= 11 is 6.07. The van der Waals surface area contributed by atoms with Gasteiger partial charge in [0.05, 0.1) is 6.04 Å². The standard InChI is InChI=1S/C19H24ClN/c1-13(2)10-15-6-5-7-16(12-15)19(21-4)18-9-8-17(20)11-14(18)3/h5-9,11-13,19,21H,10H2,1-4H3. The van der Waals surface area contributed by atoms with E-state index in [0.29, 0.717) is 5.92 Å². The molecule has 0 fully saturated rings. The van der Waals surface area contributed by atoms with Gasteiger partial charge in [-0.3, -0.25) is 0 Å². The zero-order valence-electron chi connectivity index (χ0n) is 13.3. The van der Waals surface area contributed by atoms with Crippen LogP contribution < -0.4 is 5.32 Å². The van der Waals surface area contributed by atoms with Gasteiger partial charge in [-0.25, -0.2) is 0 Å². The monoisotopic (exact) mass is 301 g/mol. The first-order valence-electron chi connectivity index (χ1n) is 7.53. The Bertz CT molecular complexity index is 604. The van der Waals surface area contributed by atoms with Crippen LogP contribution in [0.3, 0.4) is 0 Å². The molecule has 1 nitrogen and oxygen atoms in total. The lowest BCUT2D eigenvalue weighted by atomic mass is 9.92. The fourth-order valence-electron chi connectivity index (χ4n) is 2.84.